The largest absolute Gasteiger partial charge is 0.491 e. The van der Waals surface area contributed by atoms with Crippen molar-refractivity contribution < 1.29 is 9.84 Å². The summed E-state index contributed by atoms with van der Waals surface area (Å²) in [5.41, 5.74) is 2.16. The van der Waals surface area contributed by atoms with Crippen LogP contribution in [0.15, 0.2) is 46.7 Å². The minimum atomic E-state index is -0.746. The highest BCUT2D eigenvalue weighted by molar-refractivity contribution is 7.17. The van der Waals surface area contributed by atoms with E-state index in [1.165, 1.54) is 15.9 Å². The van der Waals surface area contributed by atoms with Crippen molar-refractivity contribution in [3.8, 4) is 5.75 Å². The second-order valence-electron chi connectivity index (χ2n) is 5.76. The number of pyridine rings is 1. The van der Waals surface area contributed by atoms with E-state index < -0.39 is 6.10 Å². The summed E-state index contributed by atoms with van der Waals surface area (Å²) in [6.45, 7) is 4.38. The molecule has 1 aromatic carbocycles. The van der Waals surface area contributed by atoms with Gasteiger partial charge in [-0.3, -0.25) is 4.79 Å². The molecule has 3 aromatic rings. The summed E-state index contributed by atoms with van der Waals surface area (Å²) in [7, 11) is 0. The second-order valence-corrected chi connectivity index (χ2v) is 6.71. The van der Waals surface area contributed by atoms with E-state index in [-0.39, 0.29) is 18.7 Å². The summed E-state index contributed by atoms with van der Waals surface area (Å²) in [4.78, 5) is 12.3. The number of ether oxygens (including phenoxy) is 1. The van der Waals surface area contributed by atoms with E-state index >= 15 is 0 Å². The predicted octanol–water partition coefficient (Wildman–Crippen LogP) is 3.12. The van der Waals surface area contributed by atoms with Crippen LogP contribution in [0.25, 0.3) is 10.1 Å². The van der Waals surface area contributed by atoms with Crippen LogP contribution in [0, 0.1) is 13.8 Å². The Bertz CT molecular complexity index is 861. The van der Waals surface area contributed by atoms with Crippen LogP contribution < -0.4 is 10.3 Å². The molecule has 0 saturated carbocycles. The molecule has 5 heteroatoms. The molecule has 1 N–H and O–H groups in total. The van der Waals surface area contributed by atoms with Crippen molar-refractivity contribution in [2.24, 2.45) is 0 Å². The maximum Gasteiger partial charge on any atom is 0.259 e. The Balaban J connectivity index is 1.67. The third kappa shape index (κ3) is 3.63. The highest BCUT2D eigenvalue weighted by Gasteiger charge is 2.10. The minimum Gasteiger partial charge on any atom is -0.491 e. The van der Waals surface area contributed by atoms with Crippen LogP contribution in [0.1, 0.15) is 11.1 Å². The van der Waals surface area contributed by atoms with Crippen LogP contribution in [0.5, 0.6) is 5.75 Å². The number of fused-ring (bicyclic) bond motifs is 1. The third-order valence-electron chi connectivity index (χ3n) is 3.64. The first-order valence-corrected chi connectivity index (χ1v) is 8.37. The van der Waals surface area contributed by atoms with Gasteiger partial charge < -0.3 is 14.4 Å². The first-order chi connectivity index (χ1) is 11.0. The van der Waals surface area contributed by atoms with E-state index in [1.54, 1.807) is 6.20 Å². The Kier molecular flexibility index (Phi) is 4.50. The molecule has 0 saturated heterocycles. The third-order valence-corrected chi connectivity index (χ3v) is 4.52. The molecule has 0 amide bonds. The van der Waals surface area contributed by atoms with Crippen LogP contribution in [-0.4, -0.2) is 22.4 Å². The molecule has 1 unspecified atom stereocenters. The zero-order valence-corrected chi connectivity index (χ0v) is 14.0. The van der Waals surface area contributed by atoms with E-state index in [1.807, 2.05) is 43.5 Å². The van der Waals surface area contributed by atoms with Crippen molar-refractivity contribution in [2.75, 3.05) is 6.61 Å². The van der Waals surface area contributed by atoms with E-state index in [0.29, 0.717) is 5.39 Å². The van der Waals surface area contributed by atoms with Crippen LogP contribution in [0.3, 0.4) is 0 Å². The second kappa shape index (κ2) is 6.56. The van der Waals surface area contributed by atoms with E-state index in [0.717, 1.165) is 21.6 Å². The predicted molar refractivity (Wildman–Crippen MR) is 93.5 cm³/mol. The molecule has 0 fully saturated rings. The molecular weight excluding hydrogens is 310 g/mol. The van der Waals surface area contributed by atoms with Crippen molar-refractivity contribution >= 4 is 21.4 Å². The van der Waals surface area contributed by atoms with Gasteiger partial charge in [-0.15, -0.1) is 11.3 Å². The van der Waals surface area contributed by atoms with Gasteiger partial charge in [0, 0.05) is 10.9 Å². The SMILES string of the molecule is Cc1cc(C)cc(OCC(O)Cn2ccc3sccc3c2=O)c1. The van der Waals surface area contributed by atoms with Gasteiger partial charge in [0.15, 0.2) is 0 Å². The molecule has 2 aromatic heterocycles. The number of aliphatic hydroxyl groups excluding tert-OH is 1. The fourth-order valence-corrected chi connectivity index (χ4v) is 3.41. The number of rotatable bonds is 5. The number of benzene rings is 1. The lowest BCUT2D eigenvalue weighted by Crippen LogP contribution is -2.29. The zero-order chi connectivity index (χ0) is 16.4. The van der Waals surface area contributed by atoms with E-state index in [9.17, 15) is 9.90 Å². The van der Waals surface area contributed by atoms with Crippen molar-refractivity contribution in [1.29, 1.82) is 0 Å². The van der Waals surface area contributed by atoms with Gasteiger partial charge in [-0.05, 0) is 54.6 Å². The average molecular weight is 329 g/mol. The zero-order valence-electron chi connectivity index (χ0n) is 13.2. The van der Waals surface area contributed by atoms with Gasteiger partial charge in [0.05, 0.1) is 11.9 Å². The molecule has 1 atom stereocenters. The topological polar surface area (TPSA) is 51.5 Å². The van der Waals surface area contributed by atoms with E-state index in [4.69, 9.17) is 4.74 Å². The average Bonchev–Trinajstić information content (AvgIpc) is 2.96. The van der Waals surface area contributed by atoms with Crippen LogP contribution >= 0.6 is 11.3 Å². The number of aliphatic hydroxyl groups is 1. The Hall–Kier alpha value is -2.11. The molecule has 0 spiro atoms. The Morgan fingerprint density at radius 2 is 1.96 bits per heavy atom. The van der Waals surface area contributed by atoms with Crippen molar-refractivity contribution in [1.82, 2.24) is 4.57 Å². The van der Waals surface area contributed by atoms with Crippen molar-refractivity contribution in [3.63, 3.8) is 0 Å². The van der Waals surface area contributed by atoms with Gasteiger partial charge >= 0.3 is 0 Å². The number of aromatic nitrogens is 1. The number of hydrogen-bond donors (Lipinski definition) is 1. The molecule has 0 radical (unpaired) electrons. The lowest BCUT2D eigenvalue weighted by atomic mass is 10.1. The number of aryl methyl sites for hydroxylation is 2. The number of nitrogens with zero attached hydrogens (tertiary/aromatic N) is 1. The minimum absolute atomic E-state index is 0.0748. The fraction of sp³-hybridized carbons (Fsp3) is 0.278. The first-order valence-electron chi connectivity index (χ1n) is 7.49. The Morgan fingerprint density at radius 1 is 1.22 bits per heavy atom. The van der Waals surface area contributed by atoms with Gasteiger partial charge in [-0.1, -0.05) is 6.07 Å². The van der Waals surface area contributed by atoms with Gasteiger partial charge in [0.1, 0.15) is 18.5 Å². The smallest absolute Gasteiger partial charge is 0.259 e. The van der Waals surface area contributed by atoms with Gasteiger partial charge in [0.2, 0.25) is 0 Å². The van der Waals surface area contributed by atoms with Crippen molar-refractivity contribution in [2.45, 2.75) is 26.5 Å². The molecule has 4 nitrogen and oxygen atoms in total. The number of thiophene rings is 1. The molecule has 0 aliphatic carbocycles. The number of hydrogen-bond acceptors (Lipinski definition) is 4. The monoisotopic (exact) mass is 329 g/mol. The van der Waals surface area contributed by atoms with Gasteiger partial charge in [-0.25, -0.2) is 0 Å². The summed E-state index contributed by atoms with van der Waals surface area (Å²) >= 11 is 1.54. The summed E-state index contributed by atoms with van der Waals surface area (Å²) in [5.74, 6) is 0.738. The highest BCUT2D eigenvalue weighted by Crippen LogP contribution is 2.17. The lowest BCUT2D eigenvalue weighted by molar-refractivity contribution is 0.0917. The maximum atomic E-state index is 12.3. The highest BCUT2D eigenvalue weighted by atomic mass is 32.1. The fourth-order valence-electron chi connectivity index (χ4n) is 2.64. The summed E-state index contributed by atoms with van der Waals surface area (Å²) in [6.07, 6.45) is 0.978. The summed E-state index contributed by atoms with van der Waals surface area (Å²) in [5, 5.41) is 12.8. The Morgan fingerprint density at radius 3 is 2.70 bits per heavy atom. The molecular formula is C18H19NO3S. The first kappa shape index (κ1) is 15.8. The molecule has 2 heterocycles. The van der Waals surface area contributed by atoms with Crippen LogP contribution in [0.4, 0.5) is 0 Å². The standard InChI is InChI=1S/C18H19NO3S/c1-12-7-13(2)9-15(8-12)22-11-14(20)10-19-5-3-17-16(18(19)21)4-6-23-17/h3-9,14,20H,10-11H2,1-2H3. The normalized spacial score (nSPS) is 12.5. The van der Waals surface area contributed by atoms with Gasteiger partial charge in [0.25, 0.3) is 5.56 Å². The molecule has 120 valence electrons. The maximum absolute atomic E-state index is 12.3. The molecule has 3 rings (SSSR count). The van der Waals surface area contributed by atoms with Crippen molar-refractivity contribution in [3.05, 3.63) is 63.4 Å². The molecule has 0 aliphatic heterocycles. The lowest BCUT2D eigenvalue weighted by Gasteiger charge is -2.14. The molecule has 23 heavy (non-hydrogen) atoms. The summed E-state index contributed by atoms with van der Waals surface area (Å²) in [6, 6.07) is 9.65. The Labute approximate surface area is 138 Å². The van der Waals surface area contributed by atoms with Gasteiger partial charge in [-0.2, -0.15) is 0 Å². The van der Waals surface area contributed by atoms with Crippen LogP contribution in [-0.2, 0) is 6.54 Å². The molecule has 0 bridgehead atoms. The summed E-state index contributed by atoms with van der Waals surface area (Å²) < 4.78 is 8.15. The molecule has 0 aliphatic rings. The quantitative estimate of drug-likeness (QED) is 0.782. The van der Waals surface area contributed by atoms with Crippen LogP contribution in [0.2, 0.25) is 0 Å². The van der Waals surface area contributed by atoms with E-state index in [2.05, 4.69) is 6.07 Å².